The second kappa shape index (κ2) is 9.54. The van der Waals surface area contributed by atoms with Gasteiger partial charge in [-0.2, -0.15) is 5.26 Å². The van der Waals surface area contributed by atoms with Crippen molar-refractivity contribution in [1.29, 1.82) is 5.26 Å². The predicted molar refractivity (Wildman–Crippen MR) is 111 cm³/mol. The Kier molecular flexibility index (Phi) is 6.62. The molecule has 3 aromatic carbocycles. The lowest BCUT2D eigenvalue weighted by Crippen LogP contribution is -2.13. The van der Waals surface area contributed by atoms with Crippen LogP contribution in [0.4, 0.5) is 10.1 Å². The fraction of sp³-hybridized carbons (Fsp3) is 0.0435. The van der Waals surface area contributed by atoms with Crippen LogP contribution in [-0.2, 0) is 11.4 Å². The maximum absolute atomic E-state index is 13.3. The lowest BCUT2D eigenvalue weighted by Gasteiger charge is -2.08. The van der Waals surface area contributed by atoms with Gasteiger partial charge in [-0.25, -0.2) is 4.39 Å². The minimum Gasteiger partial charge on any atom is -0.489 e. The number of carbonyl (C=O) groups excluding carboxylic acids is 1. The first kappa shape index (κ1) is 20.1. The summed E-state index contributed by atoms with van der Waals surface area (Å²) in [6.07, 6.45) is 1.47. The molecule has 4 nitrogen and oxygen atoms in total. The Morgan fingerprint density at radius 2 is 1.90 bits per heavy atom. The van der Waals surface area contributed by atoms with Crippen molar-refractivity contribution in [2.45, 2.75) is 6.61 Å². The lowest BCUT2D eigenvalue weighted by molar-refractivity contribution is -0.112. The van der Waals surface area contributed by atoms with E-state index in [1.807, 2.05) is 6.07 Å². The van der Waals surface area contributed by atoms with E-state index in [-0.39, 0.29) is 18.0 Å². The van der Waals surface area contributed by atoms with Crippen molar-refractivity contribution in [2.75, 3.05) is 5.32 Å². The number of benzene rings is 3. The molecule has 0 unspecified atom stereocenters. The van der Waals surface area contributed by atoms with Crippen LogP contribution in [0, 0.1) is 17.1 Å². The summed E-state index contributed by atoms with van der Waals surface area (Å²) >= 11 is 5.91. The maximum Gasteiger partial charge on any atom is 0.266 e. The van der Waals surface area contributed by atoms with Crippen LogP contribution in [0.3, 0.4) is 0 Å². The van der Waals surface area contributed by atoms with Crippen molar-refractivity contribution in [3.63, 3.8) is 0 Å². The Morgan fingerprint density at radius 3 is 2.66 bits per heavy atom. The number of nitrogens with zero attached hydrogens (tertiary/aromatic N) is 1. The number of nitrogens with one attached hydrogen (secondary N) is 1. The van der Waals surface area contributed by atoms with Gasteiger partial charge in [0.05, 0.1) is 0 Å². The number of anilines is 1. The molecule has 0 aromatic heterocycles. The molecule has 0 saturated heterocycles. The van der Waals surface area contributed by atoms with E-state index in [1.165, 1.54) is 18.2 Å². The van der Waals surface area contributed by atoms with Gasteiger partial charge in [-0.05, 0) is 59.7 Å². The summed E-state index contributed by atoms with van der Waals surface area (Å²) in [5.74, 6) is -0.330. The van der Waals surface area contributed by atoms with E-state index >= 15 is 0 Å². The molecule has 3 aromatic rings. The molecule has 0 radical (unpaired) electrons. The average Bonchev–Trinajstić information content (AvgIpc) is 2.71. The first-order valence-electron chi connectivity index (χ1n) is 8.69. The van der Waals surface area contributed by atoms with Crippen LogP contribution < -0.4 is 10.1 Å². The van der Waals surface area contributed by atoms with E-state index in [0.717, 1.165) is 0 Å². The summed E-state index contributed by atoms with van der Waals surface area (Å²) in [6, 6.07) is 21.7. The molecule has 0 aliphatic carbocycles. The standard InChI is InChI=1S/C23H16ClFN2O2/c24-19-6-3-8-21(13-19)27-23(28)18(14-26)10-16-4-2-9-22(12-16)29-15-17-5-1-7-20(25)11-17/h1-13H,15H2,(H,27,28)/b18-10-. The van der Waals surface area contributed by atoms with Crippen LogP contribution in [0.5, 0.6) is 5.75 Å². The van der Waals surface area contributed by atoms with E-state index in [9.17, 15) is 14.4 Å². The second-order valence-corrected chi connectivity index (χ2v) is 6.56. The molecule has 0 aliphatic heterocycles. The zero-order valence-corrected chi connectivity index (χ0v) is 16.0. The summed E-state index contributed by atoms with van der Waals surface area (Å²) in [5, 5.41) is 12.5. The molecule has 29 heavy (non-hydrogen) atoms. The molecule has 0 heterocycles. The number of hydrogen-bond donors (Lipinski definition) is 1. The number of hydrogen-bond acceptors (Lipinski definition) is 3. The van der Waals surface area contributed by atoms with Gasteiger partial charge in [0.2, 0.25) is 0 Å². The molecule has 1 N–H and O–H groups in total. The van der Waals surface area contributed by atoms with Gasteiger partial charge in [-0.1, -0.05) is 41.9 Å². The zero-order valence-electron chi connectivity index (χ0n) is 15.2. The Hall–Kier alpha value is -3.62. The Bertz CT molecular complexity index is 1110. The third kappa shape index (κ3) is 5.93. The van der Waals surface area contributed by atoms with Gasteiger partial charge in [0.25, 0.3) is 5.91 Å². The Balaban J connectivity index is 1.71. The molecule has 0 spiro atoms. The average molecular weight is 407 g/mol. The second-order valence-electron chi connectivity index (χ2n) is 6.13. The SMILES string of the molecule is N#C/C(=C/c1cccc(OCc2cccc(F)c2)c1)C(=O)Nc1cccc(Cl)c1. The van der Waals surface area contributed by atoms with Crippen molar-refractivity contribution in [2.24, 2.45) is 0 Å². The smallest absolute Gasteiger partial charge is 0.266 e. The predicted octanol–water partition coefficient (Wildman–Crippen LogP) is 5.60. The van der Waals surface area contributed by atoms with Gasteiger partial charge in [-0.3, -0.25) is 4.79 Å². The van der Waals surface area contributed by atoms with Crippen molar-refractivity contribution in [1.82, 2.24) is 0 Å². The summed E-state index contributed by atoms with van der Waals surface area (Å²) in [6.45, 7) is 0.200. The van der Waals surface area contributed by atoms with Crippen molar-refractivity contribution >= 4 is 29.3 Å². The van der Waals surface area contributed by atoms with Gasteiger partial charge < -0.3 is 10.1 Å². The van der Waals surface area contributed by atoms with E-state index in [0.29, 0.717) is 27.6 Å². The maximum atomic E-state index is 13.3. The zero-order chi connectivity index (χ0) is 20.6. The van der Waals surface area contributed by atoms with Gasteiger partial charge in [0.1, 0.15) is 29.8 Å². The molecule has 144 valence electrons. The summed E-state index contributed by atoms with van der Waals surface area (Å²) in [4.78, 5) is 12.4. The largest absolute Gasteiger partial charge is 0.489 e. The molecule has 1 amide bonds. The minimum absolute atomic E-state index is 0.0627. The first-order chi connectivity index (χ1) is 14.0. The van der Waals surface area contributed by atoms with Crippen molar-refractivity contribution in [3.05, 3.63) is 100 Å². The highest BCUT2D eigenvalue weighted by Gasteiger charge is 2.10. The van der Waals surface area contributed by atoms with Crippen LogP contribution in [0.25, 0.3) is 6.08 Å². The number of halogens is 2. The highest BCUT2D eigenvalue weighted by molar-refractivity contribution is 6.31. The quantitative estimate of drug-likeness (QED) is 0.428. The minimum atomic E-state index is -0.541. The fourth-order valence-corrected chi connectivity index (χ4v) is 2.76. The van der Waals surface area contributed by atoms with Crippen LogP contribution >= 0.6 is 11.6 Å². The topological polar surface area (TPSA) is 62.1 Å². The van der Waals surface area contributed by atoms with Gasteiger partial charge in [0.15, 0.2) is 0 Å². The van der Waals surface area contributed by atoms with Crippen molar-refractivity contribution < 1.29 is 13.9 Å². The number of amides is 1. The third-order valence-electron chi connectivity index (χ3n) is 3.91. The molecular formula is C23H16ClFN2O2. The van der Waals surface area contributed by atoms with E-state index in [2.05, 4.69) is 5.32 Å². The highest BCUT2D eigenvalue weighted by Crippen LogP contribution is 2.19. The molecule has 0 fully saturated rings. The van der Waals surface area contributed by atoms with E-state index in [1.54, 1.807) is 60.7 Å². The monoisotopic (exact) mass is 406 g/mol. The Labute approximate surface area is 172 Å². The lowest BCUT2D eigenvalue weighted by atomic mass is 10.1. The van der Waals surface area contributed by atoms with Crippen LogP contribution in [0.15, 0.2) is 78.4 Å². The van der Waals surface area contributed by atoms with Gasteiger partial charge >= 0.3 is 0 Å². The molecular weight excluding hydrogens is 391 g/mol. The molecule has 0 saturated carbocycles. The van der Waals surface area contributed by atoms with Crippen LogP contribution in [0.1, 0.15) is 11.1 Å². The first-order valence-corrected chi connectivity index (χ1v) is 9.07. The normalized spacial score (nSPS) is 10.9. The number of ether oxygens (including phenoxy) is 1. The number of rotatable bonds is 6. The third-order valence-corrected chi connectivity index (χ3v) is 4.15. The summed E-state index contributed by atoms with van der Waals surface area (Å²) < 4.78 is 18.9. The van der Waals surface area contributed by atoms with Crippen LogP contribution in [0.2, 0.25) is 5.02 Å². The van der Waals surface area contributed by atoms with Crippen molar-refractivity contribution in [3.8, 4) is 11.8 Å². The van der Waals surface area contributed by atoms with Crippen LogP contribution in [-0.4, -0.2) is 5.91 Å². The summed E-state index contributed by atoms with van der Waals surface area (Å²) in [7, 11) is 0. The molecule has 3 rings (SSSR count). The summed E-state index contributed by atoms with van der Waals surface area (Å²) in [5.41, 5.74) is 1.76. The van der Waals surface area contributed by atoms with E-state index in [4.69, 9.17) is 16.3 Å². The van der Waals surface area contributed by atoms with E-state index < -0.39 is 5.91 Å². The molecule has 0 aliphatic rings. The Morgan fingerprint density at radius 1 is 1.10 bits per heavy atom. The van der Waals surface area contributed by atoms with Gasteiger partial charge in [-0.15, -0.1) is 0 Å². The highest BCUT2D eigenvalue weighted by atomic mass is 35.5. The van der Waals surface area contributed by atoms with Gasteiger partial charge in [0, 0.05) is 10.7 Å². The molecule has 0 bridgehead atoms. The number of carbonyl (C=O) groups is 1. The molecule has 6 heteroatoms. The molecule has 0 atom stereocenters. The fourth-order valence-electron chi connectivity index (χ4n) is 2.57. The number of nitriles is 1.